The lowest BCUT2D eigenvalue weighted by Crippen LogP contribution is -2.33. The van der Waals surface area contributed by atoms with Crippen LogP contribution in [0, 0.1) is 5.92 Å². The summed E-state index contributed by atoms with van der Waals surface area (Å²) >= 11 is 0. The molecule has 1 fully saturated rings. The SMILES string of the molecule is COc1ccc(CN2CCC(C)CC2)cc1OCC(O)CN(C)Cc1ccccc1. The van der Waals surface area contributed by atoms with Crippen molar-refractivity contribution < 1.29 is 14.6 Å². The Morgan fingerprint density at radius 1 is 1.07 bits per heavy atom. The summed E-state index contributed by atoms with van der Waals surface area (Å²) in [4.78, 5) is 4.60. The fraction of sp³-hybridized carbons (Fsp3) is 0.520. The molecule has 0 amide bonds. The number of benzene rings is 2. The first-order valence-electron chi connectivity index (χ1n) is 11.0. The fourth-order valence-electron chi connectivity index (χ4n) is 3.97. The molecular formula is C25H36N2O3. The van der Waals surface area contributed by atoms with E-state index in [0.29, 0.717) is 18.0 Å². The molecule has 30 heavy (non-hydrogen) atoms. The van der Waals surface area contributed by atoms with Crippen LogP contribution in [-0.2, 0) is 13.1 Å². The summed E-state index contributed by atoms with van der Waals surface area (Å²) in [5.41, 5.74) is 2.45. The fourth-order valence-corrected chi connectivity index (χ4v) is 3.97. The first-order chi connectivity index (χ1) is 14.5. The average Bonchev–Trinajstić information content (AvgIpc) is 2.74. The van der Waals surface area contributed by atoms with Gasteiger partial charge in [0.05, 0.1) is 7.11 Å². The molecular weight excluding hydrogens is 376 g/mol. The van der Waals surface area contributed by atoms with Gasteiger partial charge in [-0.15, -0.1) is 0 Å². The minimum atomic E-state index is -0.573. The molecule has 1 aliphatic rings. The number of rotatable bonds is 10. The predicted octanol–water partition coefficient (Wildman–Crippen LogP) is 3.80. The zero-order valence-corrected chi connectivity index (χ0v) is 18.6. The normalized spacial score (nSPS) is 16.6. The van der Waals surface area contributed by atoms with Crippen LogP contribution >= 0.6 is 0 Å². The van der Waals surface area contributed by atoms with Crippen LogP contribution in [0.4, 0.5) is 0 Å². The molecule has 1 N–H and O–H groups in total. The zero-order chi connectivity index (χ0) is 21.3. The second kappa shape index (κ2) is 11.3. The summed E-state index contributed by atoms with van der Waals surface area (Å²) < 4.78 is 11.4. The van der Waals surface area contributed by atoms with E-state index in [0.717, 1.165) is 32.1 Å². The van der Waals surface area contributed by atoms with Crippen molar-refractivity contribution in [2.24, 2.45) is 5.92 Å². The quantitative estimate of drug-likeness (QED) is 0.643. The third kappa shape index (κ3) is 7.01. The van der Waals surface area contributed by atoms with Crippen molar-refractivity contribution in [2.75, 3.05) is 40.4 Å². The Hall–Kier alpha value is -2.08. The molecule has 1 aliphatic heterocycles. The van der Waals surface area contributed by atoms with Crippen LogP contribution in [0.25, 0.3) is 0 Å². The lowest BCUT2D eigenvalue weighted by molar-refractivity contribution is 0.0732. The highest BCUT2D eigenvalue weighted by Gasteiger charge is 2.17. The Morgan fingerprint density at radius 2 is 1.80 bits per heavy atom. The minimum absolute atomic E-state index is 0.236. The van der Waals surface area contributed by atoms with E-state index in [9.17, 15) is 5.11 Å². The Labute approximate surface area is 181 Å². The van der Waals surface area contributed by atoms with Gasteiger partial charge in [-0.3, -0.25) is 9.80 Å². The maximum absolute atomic E-state index is 10.5. The van der Waals surface area contributed by atoms with E-state index in [1.165, 1.54) is 24.0 Å². The molecule has 1 heterocycles. The Bertz CT molecular complexity index is 760. The Balaban J connectivity index is 1.51. The third-order valence-corrected chi connectivity index (χ3v) is 5.76. The van der Waals surface area contributed by atoms with E-state index in [1.54, 1.807) is 7.11 Å². The summed E-state index contributed by atoms with van der Waals surface area (Å²) in [5, 5.41) is 10.5. The first-order valence-corrected chi connectivity index (χ1v) is 11.0. The van der Waals surface area contributed by atoms with E-state index in [1.807, 2.05) is 31.3 Å². The molecule has 0 aromatic heterocycles. The molecule has 1 unspecified atom stereocenters. The van der Waals surface area contributed by atoms with Crippen molar-refractivity contribution in [1.29, 1.82) is 0 Å². The second-order valence-electron chi connectivity index (χ2n) is 8.59. The van der Waals surface area contributed by atoms with E-state index < -0.39 is 6.10 Å². The number of nitrogens with zero attached hydrogens (tertiary/aromatic N) is 2. The topological polar surface area (TPSA) is 45.2 Å². The van der Waals surface area contributed by atoms with Gasteiger partial charge >= 0.3 is 0 Å². The third-order valence-electron chi connectivity index (χ3n) is 5.76. The molecule has 3 rings (SSSR count). The summed E-state index contributed by atoms with van der Waals surface area (Å²) in [7, 11) is 3.66. The van der Waals surface area contributed by atoms with Crippen molar-refractivity contribution in [3.8, 4) is 11.5 Å². The van der Waals surface area contributed by atoms with Gasteiger partial charge in [-0.1, -0.05) is 43.3 Å². The zero-order valence-electron chi connectivity index (χ0n) is 18.6. The van der Waals surface area contributed by atoms with Gasteiger partial charge in [0.1, 0.15) is 12.7 Å². The molecule has 0 aliphatic carbocycles. The van der Waals surface area contributed by atoms with Gasteiger partial charge < -0.3 is 14.6 Å². The number of aliphatic hydroxyl groups excluding tert-OH is 1. The highest BCUT2D eigenvalue weighted by molar-refractivity contribution is 5.43. The second-order valence-corrected chi connectivity index (χ2v) is 8.59. The number of aliphatic hydroxyl groups is 1. The van der Waals surface area contributed by atoms with Crippen LogP contribution in [0.1, 0.15) is 30.9 Å². The highest BCUT2D eigenvalue weighted by Crippen LogP contribution is 2.29. The molecule has 5 nitrogen and oxygen atoms in total. The predicted molar refractivity (Wildman–Crippen MR) is 121 cm³/mol. The number of piperidine rings is 1. The standard InChI is InChI=1S/C25H36N2O3/c1-20-11-13-27(14-12-20)17-22-9-10-24(29-3)25(15-22)30-19-23(28)18-26(2)16-21-7-5-4-6-8-21/h4-10,15,20,23,28H,11-14,16-19H2,1-3H3. The van der Waals surface area contributed by atoms with Gasteiger partial charge in [0.25, 0.3) is 0 Å². The van der Waals surface area contributed by atoms with Crippen LogP contribution in [0.3, 0.4) is 0 Å². The molecule has 1 saturated heterocycles. The highest BCUT2D eigenvalue weighted by atomic mass is 16.5. The largest absolute Gasteiger partial charge is 0.493 e. The lowest BCUT2D eigenvalue weighted by Gasteiger charge is -2.30. The van der Waals surface area contributed by atoms with Crippen molar-refractivity contribution in [2.45, 2.75) is 39.0 Å². The van der Waals surface area contributed by atoms with Gasteiger partial charge in [0, 0.05) is 19.6 Å². The number of hydrogen-bond acceptors (Lipinski definition) is 5. The number of hydrogen-bond donors (Lipinski definition) is 1. The minimum Gasteiger partial charge on any atom is -0.493 e. The molecule has 1 atom stereocenters. The number of ether oxygens (including phenoxy) is 2. The van der Waals surface area contributed by atoms with E-state index in [2.05, 4.69) is 41.0 Å². The van der Waals surface area contributed by atoms with E-state index >= 15 is 0 Å². The molecule has 164 valence electrons. The molecule has 0 radical (unpaired) electrons. The first kappa shape index (κ1) is 22.6. The number of likely N-dealkylation sites (tertiary alicyclic amines) is 1. The van der Waals surface area contributed by atoms with Crippen LogP contribution in [0.15, 0.2) is 48.5 Å². The smallest absolute Gasteiger partial charge is 0.161 e. The van der Waals surface area contributed by atoms with Gasteiger partial charge in [0.2, 0.25) is 0 Å². The Morgan fingerprint density at radius 3 is 2.50 bits per heavy atom. The number of likely N-dealkylation sites (N-methyl/N-ethyl adjacent to an activating group) is 1. The maximum Gasteiger partial charge on any atom is 0.161 e. The van der Waals surface area contributed by atoms with Crippen LogP contribution < -0.4 is 9.47 Å². The molecule has 0 bridgehead atoms. The van der Waals surface area contributed by atoms with Crippen LogP contribution in [0.5, 0.6) is 11.5 Å². The number of methoxy groups -OCH3 is 1. The summed E-state index contributed by atoms with van der Waals surface area (Å²) in [6.07, 6.45) is 1.96. The average molecular weight is 413 g/mol. The maximum atomic E-state index is 10.5. The van der Waals surface area contributed by atoms with Crippen LogP contribution in [-0.4, -0.2) is 61.4 Å². The van der Waals surface area contributed by atoms with E-state index in [-0.39, 0.29) is 6.61 Å². The van der Waals surface area contributed by atoms with Gasteiger partial charge in [-0.25, -0.2) is 0 Å². The molecule has 0 spiro atoms. The summed E-state index contributed by atoms with van der Waals surface area (Å²) in [6, 6.07) is 16.4. The lowest BCUT2D eigenvalue weighted by atomic mass is 9.99. The van der Waals surface area contributed by atoms with E-state index in [4.69, 9.17) is 9.47 Å². The molecule has 2 aromatic rings. The van der Waals surface area contributed by atoms with Gasteiger partial charge in [-0.2, -0.15) is 0 Å². The summed E-state index contributed by atoms with van der Waals surface area (Å²) in [6.45, 7) is 7.13. The molecule has 2 aromatic carbocycles. The summed E-state index contributed by atoms with van der Waals surface area (Å²) in [5.74, 6) is 2.23. The molecule has 5 heteroatoms. The molecule has 0 saturated carbocycles. The Kier molecular flexibility index (Phi) is 8.55. The van der Waals surface area contributed by atoms with Gasteiger partial charge in [0.15, 0.2) is 11.5 Å². The van der Waals surface area contributed by atoms with Gasteiger partial charge in [-0.05, 0) is 62.2 Å². The van der Waals surface area contributed by atoms with Crippen molar-refractivity contribution in [1.82, 2.24) is 9.80 Å². The van der Waals surface area contributed by atoms with Crippen LogP contribution in [0.2, 0.25) is 0 Å². The van der Waals surface area contributed by atoms with Crippen molar-refractivity contribution in [3.63, 3.8) is 0 Å². The van der Waals surface area contributed by atoms with Crippen molar-refractivity contribution >= 4 is 0 Å². The monoisotopic (exact) mass is 412 g/mol. The van der Waals surface area contributed by atoms with Crippen molar-refractivity contribution in [3.05, 3.63) is 59.7 Å².